The smallest absolute Gasteiger partial charge is 0.261 e. The molecular formula is C14H15BrFNO2. The molecule has 2 amide bonds. The molecule has 1 saturated heterocycles. The van der Waals surface area contributed by atoms with Gasteiger partial charge < -0.3 is 0 Å². The quantitative estimate of drug-likeness (QED) is 0.782. The van der Waals surface area contributed by atoms with Crippen molar-refractivity contribution in [1.82, 2.24) is 4.90 Å². The van der Waals surface area contributed by atoms with Crippen molar-refractivity contribution in [1.29, 1.82) is 0 Å². The molecule has 1 aromatic rings. The summed E-state index contributed by atoms with van der Waals surface area (Å²) < 4.78 is 13.5. The van der Waals surface area contributed by atoms with Crippen LogP contribution in [0.5, 0.6) is 0 Å². The van der Waals surface area contributed by atoms with Gasteiger partial charge in [-0.1, -0.05) is 19.9 Å². The number of carbonyl (C=O) groups excluding carboxylic acids is 2. The molecule has 0 N–H and O–H groups in total. The molecule has 0 spiro atoms. The maximum atomic E-state index is 13.4. The molecule has 1 aliphatic heterocycles. The predicted molar refractivity (Wildman–Crippen MR) is 73.1 cm³/mol. The molecule has 1 aromatic carbocycles. The van der Waals surface area contributed by atoms with Crippen LogP contribution in [0.3, 0.4) is 0 Å². The van der Waals surface area contributed by atoms with Crippen LogP contribution in [0.2, 0.25) is 0 Å². The third-order valence-electron chi connectivity index (χ3n) is 3.52. The highest BCUT2D eigenvalue weighted by atomic mass is 79.9. The van der Waals surface area contributed by atoms with E-state index in [9.17, 15) is 14.0 Å². The lowest BCUT2D eigenvalue weighted by molar-refractivity contribution is -0.125. The van der Waals surface area contributed by atoms with Gasteiger partial charge in [0.05, 0.1) is 10.0 Å². The molecular weight excluding hydrogens is 313 g/mol. The lowest BCUT2D eigenvalue weighted by atomic mass is 9.95. The fourth-order valence-corrected chi connectivity index (χ4v) is 2.63. The number of rotatable bonds is 2. The number of nitrogens with zero attached hydrogens (tertiary/aromatic N) is 1. The minimum absolute atomic E-state index is 0.112. The van der Waals surface area contributed by atoms with Crippen LogP contribution in [0.4, 0.5) is 4.39 Å². The number of carbonyl (C=O) groups is 2. The van der Waals surface area contributed by atoms with E-state index in [1.807, 2.05) is 13.8 Å². The van der Waals surface area contributed by atoms with Crippen LogP contribution in [0, 0.1) is 17.7 Å². The highest BCUT2D eigenvalue weighted by molar-refractivity contribution is 9.10. The Kier molecular flexibility index (Phi) is 4.04. The second kappa shape index (κ2) is 5.41. The first-order valence-electron chi connectivity index (χ1n) is 6.20. The van der Waals surface area contributed by atoms with Crippen molar-refractivity contribution in [2.24, 2.45) is 11.8 Å². The largest absolute Gasteiger partial charge is 0.278 e. The summed E-state index contributed by atoms with van der Waals surface area (Å²) in [6, 6.07) is 4.25. The number of imide groups is 1. The molecule has 1 atom stereocenters. The van der Waals surface area contributed by atoms with Crippen molar-refractivity contribution >= 4 is 27.7 Å². The minimum atomic E-state index is -0.502. The molecule has 0 aliphatic carbocycles. The molecule has 1 aliphatic rings. The molecule has 19 heavy (non-hydrogen) atoms. The second-order valence-electron chi connectivity index (χ2n) is 5.12. The van der Waals surface area contributed by atoms with Crippen molar-refractivity contribution in [2.45, 2.75) is 20.3 Å². The van der Waals surface area contributed by atoms with E-state index >= 15 is 0 Å². The summed E-state index contributed by atoms with van der Waals surface area (Å²) in [7, 11) is 0. The van der Waals surface area contributed by atoms with Gasteiger partial charge in [-0.15, -0.1) is 0 Å². The van der Waals surface area contributed by atoms with Gasteiger partial charge in [0.25, 0.3) is 5.91 Å². The number of likely N-dealkylation sites (tertiary alicyclic amines) is 1. The molecule has 2 rings (SSSR count). The fraction of sp³-hybridized carbons (Fsp3) is 0.429. The monoisotopic (exact) mass is 327 g/mol. The van der Waals surface area contributed by atoms with Crippen LogP contribution >= 0.6 is 15.9 Å². The van der Waals surface area contributed by atoms with Crippen molar-refractivity contribution in [2.75, 3.05) is 6.54 Å². The van der Waals surface area contributed by atoms with E-state index in [-0.39, 0.29) is 21.9 Å². The highest BCUT2D eigenvalue weighted by Gasteiger charge is 2.36. The SMILES string of the molecule is CC(C)C1CC(=O)N(C(=O)c2cccc(F)c2Br)C1. The summed E-state index contributed by atoms with van der Waals surface area (Å²) in [5, 5.41) is 0. The van der Waals surface area contributed by atoms with Gasteiger partial charge in [0.1, 0.15) is 5.82 Å². The van der Waals surface area contributed by atoms with Gasteiger partial charge in [-0.3, -0.25) is 14.5 Å². The molecule has 1 fully saturated rings. The Bertz CT molecular complexity index is 530. The Hall–Kier alpha value is -1.23. The fourth-order valence-electron chi connectivity index (χ4n) is 2.19. The predicted octanol–water partition coefficient (Wildman–Crippen LogP) is 3.23. The molecule has 1 heterocycles. The Morgan fingerprint density at radius 3 is 2.74 bits per heavy atom. The molecule has 0 saturated carbocycles. The topological polar surface area (TPSA) is 37.4 Å². The Morgan fingerprint density at radius 2 is 2.16 bits per heavy atom. The van der Waals surface area contributed by atoms with Crippen molar-refractivity contribution < 1.29 is 14.0 Å². The average molecular weight is 328 g/mol. The standard InChI is InChI=1S/C14H15BrFNO2/c1-8(2)9-6-12(18)17(7-9)14(19)10-4-3-5-11(16)13(10)15/h3-5,8-9H,6-7H2,1-2H3. The number of halogens is 2. The van der Waals surface area contributed by atoms with Gasteiger partial charge in [-0.05, 0) is 39.9 Å². The first kappa shape index (κ1) is 14.2. The molecule has 5 heteroatoms. The van der Waals surface area contributed by atoms with E-state index in [4.69, 9.17) is 0 Å². The summed E-state index contributed by atoms with van der Waals surface area (Å²) >= 11 is 3.06. The first-order valence-corrected chi connectivity index (χ1v) is 6.99. The highest BCUT2D eigenvalue weighted by Crippen LogP contribution is 2.28. The van der Waals surface area contributed by atoms with Gasteiger partial charge in [-0.2, -0.15) is 0 Å². The summed E-state index contributed by atoms with van der Waals surface area (Å²) in [5.74, 6) is -0.584. The number of hydrogen-bond acceptors (Lipinski definition) is 2. The zero-order valence-electron chi connectivity index (χ0n) is 10.8. The third-order valence-corrected chi connectivity index (χ3v) is 4.33. The van der Waals surface area contributed by atoms with E-state index in [1.165, 1.54) is 23.1 Å². The van der Waals surface area contributed by atoms with Gasteiger partial charge in [0.15, 0.2) is 0 Å². The van der Waals surface area contributed by atoms with E-state index in [0.717, 1.165) is 0 Å². The van der Waals surface area contributed by atoms with Gasteiger partial charge in [-0.25, -0.2) is 4.39 Å². The summed E-state index contributed by atoms with van der Waals surface area (Å²) in [5.41, 5.74) is 0.192. The Labute approximate surface area is 119 Å². The maximum absolute atomic E-state index is 13.4. The van der Waals surface area contributed by atoms with Crippen molar-refractivity contribution in [3.8, 4) is 0 Å². The number of hydrogen-bond donors (Lipinski definition) is 0. The molecule has 102 valence electrons. The van der Waals surface area contributed by atoms with Crippen LogP contribution in [0.25, 0.3) is 0 Å². The summed E-state index contributed by atoms with van der Waals surface area (Å²) in [6.45, 7) is 4.48. The molecule has 0 radical (unpaired) electrons. The van der Waals surface area contributed by atoms with Crippen molar-refractivity contribution in [3.05, 3.63) is 34.1 Å². The Balaban J connectivity index is 2.25. The lowest BCUT2D eigenvalue weighted by Crippen LogP contribution is -2.33. The lowest BCUT2D eigenvalue weighted by Gasteiger charge is -2.17. The summed E-state index contributed by atoms with van der Waals surface area (Å²) in [6.07, 6.45) is 0.385. The van der Waals surface area contributed by atoms with Crippen molar-refractivity contribution in [3.63, 3.8) is 0 Å². The zero-order valence-corrected chi connectivity index (χ0v) is 12.4. The molecule has 1 unspecified atom stereocenters. The Morgan fingerprint density at radius 1 is 1.47 bits per heavy atom. The zero-order chi connectivity index (χ0) is 14.2. The number of amides is 2. The maximum Gasteiger partial charge on any atom is 0.261 e. The van der Waals surface area contributed by atoms with Crippen LogP contribution in [0.15, 0.2) is 22.7 Å². The third kappa shape index (κ3) is 2.71. The minimum Gasteiger partial charge on any atom is -0.278 e. The normalized spacial score (nSPS) is 19.3. The van der Waals surface area contributed by atoms with Gasteiger partial charge >= 0.3 is 0 Å². The van der Waals surface area contributed by atoms with E-state index in [0.29, 0.717) is 18.9 Å². The van der Waals surface area contributed by atoms with Crippen LogP contribution in [-0.2, 0) is 4.79 Å². The first-order chi connectivity index (χ1) is 8.91. The average Bonchev–Trinajstić information content (AvgIpc) is 2.74. The molecule has 0 bridgehead atoms. The van der Waals surface area contributed by atoms with E-state index in [1.54, 1.807) is 0 Å². The molecule has 3 nitrogen and oxygen atoms in total. The van der Waals surface area contributed by atoms with Crippen LogP contribution < -0.4 is 0 Å². The summed E-state index contributed by atoms with van der Waals surface area (Å²) in [4.78, 5) is 25.4. The van der Waals surface area contributed by atoms with E-state index < -0.39 is 11.7 Å². The van der Waals surface area contributed by atoms with Crippen LogP contribution in [0.1, 0.15) is 30.6 Å². The molecule has 0 aromatic heterocycles. The van der Waals surface area contributed by atoms with E-state index in [2.05, 4.69) is 15.9 Å². The number of benzene rings is 1. The van der Waals surface area contributed by atoms with Gasteiger partial charge in [0, 0.05) is 13.0 Å². The van der Waals surface area contributed by atoms with Crippen LogP contribution in [-0.4, -0.2) is 23.3 Å². The van der Waals surface area contributed by atoms with Gasteiger partial charge in [0.2, 0.25) is 5.91 Å². The second-order valence-corrected chi connectivity index (χ2v) is 5.91.